The van der Waals surface area contributed by atoms with E-state index in [1.165, 1.54) is 16.3 Å². The maximum Gasteiger partial charge on any atom is 0.237 e. The molecule has 0 saturated heterocycles. The van der Waals surface area contributed by atoms with Gasteiger partial charge in [0.05, 0.1) is 6.61 Å². The molecule has 0 unspecified atom stereocenters. The smallest absolute Gasteiger partial charge is 0.237 e. The third-order valence-corrected chi connectivity index (χ3v) is 4.72. The topological polar surface area (TPSA) is 50.4 Å². The molecule has 2 aromatic carbocycles. The number of fused-ring (bicyclic) bond motifs is 1. The summed E-state index contributed by atoms with van der Waals surface area (Å²) >= 11 is 0. The van der Waals surface area contributed by atoms with Gasteiger partial charge in [-0.25, -0.2) is 0 Å². The van der Waals surface area contributed by atoms with Gasteiger partial charge in [0.1, 0.15) is 5.41 Å². The van der Waals surface area contributed by atoms with Crippen molar-refractivity contribution in [2.45, 2.75) is 33.7 Å². The standard InChI is InChI=1S/C25H32N2O2/c1-5-29-19-18-27-24(28)25(3,4)16-9-6-10-17-26-20(2)22-15-11-13-21-12-7-8-14-23(21)22/h6-8,10-15,20,26H,5,17-19H2,1-4H3,(H,27,28)/b10-6+/t20-/m1/s1. The molecule has 4 heteroatoms. The molecular weight excluding hydrogens is 360 g/mol. The Kier molecular flexibility index (Phi) is 8.92. The fourth-order valence-corrected chi connectivity index (χ4v) is 2.98. The molecule has 0 radical (unpaired) electrons. The summed E-state index contributed by atoms with van der Waals surface area (Å²) in [5, 5.41) is 8.88. The number of hydrogen-bond acceptors (Lipinski definition) is 3. The second-order valence-corrected chi connectivity index (χ2v) is 7.45. The van der Waals surface area contributed by atoms with Crippen LogP contribution in [0.5, 0.6) is 0 Å². The van der Waals surface area contributed by atoms with Crippen LogP contribution in [-0.4, -0.2) is 32.2 Å². The third-order valence-electron chi connectivity index (χ3n) is 4.72. The first-order valence-electron chi connectivity index (χ1n) is 10.2. The Labute approximate surface area is 174 Å². The lowest BCUT2D eigenvalue weighted by molar-refractivity contribution is -0.126. The molecule has 0 bridgehead atoms. The molecule has 0 fully saturated rings. The van der Waals surface area contributed by atoms with E-state index >= 15 is 0 Å². The molecule has 1 amide bonds. The summed E-state index contributed by atoms with van der Waals surface area (Å²) in [6.07, 6.45) is 3.79. The highest BCUT2D eigenvalue weighted by Crippen LogP contribution is 2.23. The van der Waals surface area contributed by atoms with E-state index in [9.17, 15) is 4.79 Å². The van der Waals surface area contributed by atoms with Crippen LogP contribution in [0.3, 0.4) is 0 Å². The highest BCUT2D eigenvalue weighted by molar-refractivity contribution is 5.86. The number of carbonyl (C=O) groups excluding carboxylic acids is 1. The lowest BCUT2D eigenvalue weighted by Crippen LogP contribution is -2.37. The van der Waals surface area contributed by atoms with E-state index in [1.807, 2.05) is 26.8 Å². The monoisotopic (exact) mass is 392 g/mol. The SMILES string of the molecule is CCOCCNC(=O)C(C)(C)C#C/C=C/CN[C@H](C)c1cccc2ccccc12. The molecule has 2 aromatic rings. The van der Waals surface area contributed by atoms with Crippen LogP contribution in [0.25, 0.3) is 10.8 Å². The highest BCUT2D eigenvalue weighted by Gasteiger charge is 2.24. The molecular formula is C25H32N2O2. The molecule has 2 N–H and O–H groups in total. The van der Waals surface area contributed by atoms with Gasteiger partial charge in [0, 0.05) is 25.7 Å². The van der Waals surface area contributed by atoms with Crippen molar-refractivity contribution in [2.75, 3.05) is 26.3 Å². The van der Waals surface area contributed by atoms with Gasteiger partial charge in [-0.15, -0.1) is 0 Å². The fourth-order valence-electron chi connectivity index (χ4n) is 2.98. The van der Waals surface area contributed by atoms with Gasteiger partial charge in [-0.3, -0.25) is 4.79 Å². The molecule has 0 spiro atoms. The van der Waals surface area contributed by atoms with Gasteiger partial charge in [0.2, 0.25) is 5.91 Å². The Morgan fingerprint density at radius 3 is 2.76 bits per heavy atom. The minimum absolute atomic E-state index is 0.0826. The van der Waals surface area contributed by atoms with Crippen LogP contribution >= 0.6 is 0 Å². The number of rotatable bonds is 9. The van der Waals surface area contributed by atoms with Gasteiger partial charge in [-0.1, -0.05) is 60.4 Å². The van der Waals surface area contributed by atoms with Crippen molar-refractivity contribution in [3.05, 3.63) is 60.2 Å². The van der Waals surface area contributed by atoms with Crippen LogP contribution in [0, 0.1) is 17.3 Å². The van der Waals surface area contributed by atoms with Gasteiger partial charge >= 0.3 is 0 Å². The van der Waals surface area contributed by atoms with Crippen LogP contribution in [0.15, 0.2) is 54.6 Å². The van der Waals surface area contributed by atoms with Crippen LogP contribution < -0.4 is 10.6 Å². The lowest BCUT2D eigenvalue weighted by atomic mass is 9.93. The predicted molar refractivity (Wildman–Crippen MR) is 121 cm³/mol. The summed E-state index contributed by atoms with van der Waals surface area (Å²) in [6, 6.07) is 15.0. The molecule has 0 aliphatic carbocycles. The maximum atomic E-state index is 12.2. The average molecular weight is 393 g/mol. The summed E-state index contributed by atoms with van der Waals surface area (Å²) in [6.45, 7) is 10.1. The Morgan fingerprint density at radius 1 is 1.21 bits per heavy atom. The number of nitrogens with one attached hydrogen (secondary N) is 2. The van der Waals surface area contributed by atoms with E-state index in [4.69, 9.17) is 4.74 Å². The predicted octanol–water partition coefficient (Wildman–Crippen LogP) is 4.23. The third kappa shape index (κ3) is 7.05. The van der Waals surface area contributed by atoms with Crippen molar-refractivity contribution in [2.24, 2.45) is 5.41 Å². The molecule has 1 atom stereocenters. The van der Waals surface area contributed by atoms with Crippen molar-refractivity contribution < 1.29 is 9.53 Å². The fraction of sp³-hybridized carbons (Fsp3) is 0.400. The molecule has 29 heavy (non-hydrogen) atoms. The van der Waals surface area contributed by atoms with E-state index in [1.54, 1.807) is 6.08 Å². The Morgan fingerprint density at radius 2 is 1.97 bits per heavy atom. The average Bonchev–Trinajstić information content (AvgIpc) is 2.72. The number of amides is 1. The highest BCUT2D eigenvalue weighted by atomic mass is 16.5. The van der Waals surface area contributed by atoms with Crippen LogP contribution in [0.2, 0.25) is 0 Å². The molecule has 2 rings (SSSR count). The maximum absolute atomic E-state index is 12.2. The van der Waals surface area contributed by atoms with Crippen molar-refractivity contribution in [1.29, 1.82) is 0 Å². The first-order chi connectivity index (χ1) is 14.0. The zero-order valence-electron chi connectivity index (χ0n) is 17.9. The molecule has 0 aliphatic rings. The molecule has 154 valence electrons. The van der Waals surface area contributed by atoms with E-state index in [0.717, 1.165) is 0 Å². The van der Waals surface area contributed by atoms with Crippen LogP contribution in [0.4, 0.5) is 0 Å². The largest absolute Gasteiger partial charge is 0.380 e. The molecule has 0 heterocycles. The number of benzene rings is 2. The van der Waals surface area contributed by atoms with Crippen molar-refractivity contribution in [3.8, 4) is 11.8 Å². The molecule has 0 aromatic heterocycles. The summed E-state index contributed by atoms with van der Waals surface area (Å²) in [7, 11) is 0. The van der Waals surface area contributed by atoms with Gasteiger partial charge in [-0.05, 0) is 50.1 Å². The molecule has 0 aliphatic heterocycles. The molecule has 4 nitrogen and oxygen atoms in total. The Bertz CT molecular complexity index is 885. The van der Waals surface area contributed by atoms with E-state index in [-0.39, 0.29) is 11.9 Å². The second kappa shape index (κ2) is 11.4. The van der Waals surface area contributed by atoms with Crippen molar-refractivity contribution in [3.63, 3.8) is 0 Å². The first kappa shape index (κ1) is 22.7. The minimum atomic E-state index is -0.736. The van der Waals surface area contributed by atoms with Crippen molar-refractivity contribution in [1.82, 2.24) is 10.6 Å². The van der Waals surface area contributed by atoms with Gasteiger partial charge in [0.25, 0.3) is 0 Å². The zero-order valence-corrected chi connectivity index (χ0v) is 17.9. The van der Waals surface area contributed by atoms with E-state index in [2.05, 4.69) is 71.9 Å². The second-order valence-electron chi connectivity index (χ2n) is 7.45. The van der Waals surface area contributed by atoms with Gasteiger partial charge in [0.15, 0.2) is 0 Å². The summed E-state index contributed by atoms with van der Waals surface area (Å²) < 4.78 is 5.23. The van der Waals surface area contributed by atoms with Crippen LogP contribution in [0.1, 0.15) is 39.3 Å². The van der Waals surface area contributed by atoms with E-state index < -0.39 is 5.41 Å². The normalized spacial score (nSPS) is 12.6. The number of allylic oxidation sites excluding steroid dienone is 1. The first-order valence-corrected chi connectivity index (χ1v) is 10.2. The van der Waals surface area contributed by atoms with E-state index in [0.29, 0.717) is 26.3 Å². The summed E-state index contributed by atoms with van der Waals surface area (Å²) in [4.78, 5) is 12.2. The minimum Gasteiger partial charge on any atom is -0.380 e. The van der Waals surface area contributed by atoms with Crippen molar-refractivity contribution >= 4 is 16.7 Å². The zero-order chi connectivity index (χ0) is 21.1. The molecule has 0 saturated carbocycles. The number of ether oxygens (including phenoxy) is 1. The van der Waals surface area contributed by atoms with Gasteiger partial charge < -0.3 is 15.4 Å². The van der Waals surface area contributed by atoms with Crippen LogP contribution in [-0.2, 0) is 9.53 Å². The Balaban J connectivity index is 1.84. The number of hydrogen-bond donors (Lipinski definition) is 2. The number of carbonyl (C=O) groups is 1. The summed E-state index contributed by atoms with van der Waals surface area (Å²) in [5.41, 5.74) is 0.549. The Hall–Kier alpha value is -2.61. The quantitative estimate of drug-likeness (QED) is 0.496. The summed E-state index contributed by atoms with van der Waals surface area (Å²) in [5.74, 6) is 5.93. The lowest BCUT2D eigenvalue weighted by Gasteiger charge is -2.16. The van der Waals surface area contributed by atoms with Gasteiger partial charge in [-0.2, -0.15) is 0 Å².